The van der Waals surface area contributed by atoms with Crippen molar-refractivity contribution in [1.29, 1.82) is 0 Å². The number of benzene rings is 1. The molecule has 80 valence electrons. The minimum atomic E-state index is -1.47. The van der Waals surface area contributed by atoms with Crippen LogP contribution >= 0.6 is 0 Å². The molecule has 1 amide bonds. The molecule has 0 saturated heterocycles. The second-order valence-electron chi connectivity index (χ2n) is 3.64. The van der Waals surface area contributed by atoms with Crippen molar-refractivity contribution >= 4 is 24.2 Å². The molecule has 0 aromatic heterocycles. The van der Waals surface area contributed by atoms with Crippen LogP contribution in [-0.2, 0) is 4.79 Å². The van der Waals surface area contributed by atoms with E-state index in [0.29, 0.717) is 11.2 Å². The third-order valence-corrected chi connectivity index (χ3v) is 2.00. The summed E-state index contributed by atoms with van der Waals surface area (Å²) < 4.78 is 0. The Morgan fingerprint density at radius 1 is 1.27 bits per heavy atom. The molecule has 0 saturated carbocycles. The molecule has 1 aromatic rings. The lowest BCUT2D eigenvalue weighted by Gasteiger charge is -2.08. The average molecular weight is 207 g/mol. The normalized spacial score (nSPS) is 10.2. The maximum atomic E-state index is 11.3. The first-order chi connectivity index (χ1) is 7.00. The van der Waals surface area contributed by atoms with Crippen LogP contribution in [0.3, 0.4) is 0 Å². The lowest BCUT2D eigenvalue weighted by atomic mass is 9.80. The van der Waals surface area contributed by atoms with E-state index in [4.69, 9.17) is 10.0 Å². The smallest absolute Gasteiger partial charge is 0.423 e. The molecule has 5 heteroatoms. The molecular weight excluding hydrogens is 193 g/mol. The zero-order chi connectivity index (χ0) is 11.4. The van der Waals surface area contributed by atoms with Crippen LogP contribution in [0.4, 0.5) is 5.69 Å². The zero-order valence-corrected chi connectivity index (χ0v) is 8.77. The first-order valence-corrected chi connectivity index (χ1v) is 4.77. The highest BCUT2D eigenvalue weighted by molar-refractivity contribution is 6.58. The summed E-state index contributed by atoms with van der Waals surface area (Å²) in [5.74, 6) is -0.139. The van der Waals surface area contributed by atoms with Crippen LogP contribution in [0.5, 0.6) is 0 Å². The van der Waals surface area contributed by atoms with Crippen LogP contribution in [-0.4, -0.2) is 23.1 Å². The number of amides is 1. The van der Waals surface area contributed by atoms with Gasteiger partial charge in [0.05, 0.1) is 0 Å². The number of carbonyl (C=O) groups is 1. The third kappa shape index (κ3) is 3.38. The summed E-state index contributed by atoms with van der Waals surface area (Å²) in [5.41, 5.74) is 1.05. The van der Waals surface area contributed by atoms with Gasteiger partial charge in [0.1, 0.15) is 0 Å². The molecule has 0 bridgehead atoms. The van der Waals surface area contributed by atoms with Gasteiger partial charge in [-0.2, -0.15) is 0 Å². The number of nitrogens with one attached hydrogen (secondary N) is 1. The van der Waals surface area contributed by atoms with E-state index < -0.39 is 7.12 Å². The molecule has 0 spiro atoms. The fourth-order valence-electron chi connectivity index (χ4n) is 1.03. The highest BCUT2D eigenvalue weighted by Gasteiger charge is 2.11. The minimum absolute atomic E-state index is 0.0627. The molecule has 0 aliphatic carbocycles. The average Bonchev–Trinajstić information content (AvgIpc) is 2.18. The van der Waals surface area contributed by atoms with E-state index in [1.54, 1.807) is 38.1 Å². The summed E-state index contributed by atoms with van der Waals surface area (Å²) in [5, 5.41) is 20.4. The third-order valence-electron chi connectivity index (χ3n) is 2.00. The number of carbonyl (C=O) groups excluding carboxylic acids is 1. The lowest BCUT2D eigenvalue weighted by Crippen LogP contribution is -2.29. The van der Waals surface area contributed by atoms with Crippen molar-refractivity contribution in [2.75, 3.05) is 5.32 Å². The van der Waals surface area contributed by atoms with Gasteiger partial charge in [-0.15, -0.1) is 0 Å². The maximum absolute atomic E-state index is 11.3. The van der Waals surface area contributed by atoms with E-state index in [1.165, 1.54) is 0 Å². The van der Waals surface area contributed by atoms with E-state index in [9.17, 15) is 4.79 Å². The van der Waals surface area contributed by atoms with Crippen molar-refractivity contribution in [2.45, 2.75) is 13.8 Å². The first-order valence-electron chi connectivity index (χ1n) is 4.77. The topological polar surface area (TPSA) is 69.6 Å². The van der Waals surface area contributed by atoms with Crippen molar-refractivity contribution in [3.8, 4) is 0 Å². The van der Waals surface area contributed by atoms with Gasteiger partial charge in [0.25, 0.3) is 0 Å². The summed E-state index contributed by atoms with van der Waals surface area (Å²) in [6.45, 7) is 3.61. The monoisotopic (exact) mass is 207 g/mol. The van der Waals surface area contributed by atoms with Crippen molar-refractivity contribution in [3.05, 3.63) is 24.3 Å². The van der Waals surface area contributed by atoms with Crippen molar-refractivity contribution in [2.24, 2.45) is 5.92 Å². The second-order valence-corrected chi connectivity index (χ2v) is 3.64. The molecule has 1 aromatic carbocycles. The van der Waals surface area contributed by atoms with Gasteiger partial charge in [0.15, 0.2) is 0 Å². The van der Waals surface area contributed by atoms with Crippen LogP contribution in [0.15, 0.2) is 24.3 Å². The molecule has 0 aliphatic heterocycles. The lowest BCUT2D eigenvalue weighted by molar-refractivity contribution is -0.118. The van der Waals surface area contributed by atoms with Gasteiger partial charge >= 0.3 is 7.12 Å². The molecule has 0 unspecified atom stereocenters. The Labute approximate surface area is 89.1 Å². The van der Waals surface area contributed by atoms with Gasteiger partial charge in [-0.3, -0.25) is 4.79 Å². The van der Waals surface area contributed by atoms with E-state index >= 15 is 0 Å². The fourth-order valence-corrected chi connectivity index (χ4v) is 1.03. The molecule has 0 atom stereocenters. The molecule has 0 aliphatic rings. The molecular formula is C10H14BNO3. The van der Waals surface area contributed by atoms with Crippen molar-refractivity contribution in [1.82, 2.24) is 0 Å². The maximum Gasteiger partial charge on any atom is 0.488 e. The van der Waals surface area contributed by atoms with Gasteiger partial charge in [-0.1, -0.05) is 26.0 Å². The van der Waals surface area contributed by atoms with Crippen LogP contribution in [0, 0.1) is 5.92 Å². The van der Waals surface area contributed by atoms with Crippen LogP contribution in [0.1, 0.15) is 13.8 Å². The van der Waals surface area contributed by atoms with E-state index in [-0.39, 0.29) is 11.8 Å². The summed E-state index contributed by atoms with van der Waals surface area (Å²) >= 11 is 0. The van der Waals surface area contributed by atoms with Gasteiger partial charge in [0.2, 0.25) is 5.91 Å². The number of hydrogen-bond donors (Lipinski definition) is 3. The van der Waals surface area contributed by atoms with Crippen LogP contribution < -0.4 is 10.8 Å². The molecule has 1 rings (SSSR count). The van der Waals surface area contributed by atoms with Crippen LogP contribution in [0.25, 0.3) is 0 Å². The molecule has 3 N–H and O–H groups in total. The predicted molar refractivity (Wildman–Crippen MR) is 59.7 cm³/mol. The van der Waals surface area contributed by atoms with E-state index in [0.717, 1.165) is 0 Å². The second kappa shape index (κ2) is 4.95. The van der Waals surface area contributed by atoms with Crippen molar-refractivity contribution in [3.63, 3.8) is 0 Å². The highest BCUT2D eigenvalue weighted by Crippen LogP contribution is 2.06. The molecule has 4 nitrogen and oxygen atoms in total. The molecule has 15 heavy (non-hydrogen) atoms. The molecule has 0 fully saturated rings. The quantitative estimate of drug-likeness (QED) is 0.609. The Bertz CT molecular complexity index is 335. The van der Waals surface area contributed by atoms with Crippen molar-refractivity contribution < 1.29 is 14.8 Å². The molecule has 0 radical (unpaired) electrons. The largest absolute Gasteiger partial charge is 0.488 e. The standard InChI is InChI=1S/C10H14BNO3/c1-7(2)10(13)12-9-5-3-8(4-6-9)11(14)15/h3-7,14-15H,1-2H3,(H,12,13). The van der Waals surface area contributed by atoms with Gasteiger partial charge < -0.3 is 15.4 Å². The minimum Gasteiger partial charge on any atom is -0.423 e. The molecule has 0 heterocycles. The SMILES string of the molecule is CC(C)C(=O)Nc1ccc(B(O)O)cc1. The zero-order valence-electron chi connectivity index (χ0n) is 8.77. The summed E-state index contributed by atoms with van der Waals surface area (Å²) in [6, 6.07) is 6.38. The number of hydrogen-bond acceptors (Lipinski definition) is 3. The predicted octanol–water partition coefficient (Wildman–Crippen LogP) is -0.0391. The van der Waals surface area contributed by atoms with Gasteiger partial charge in [-0.25, -0.2) is 0 Å². The summed E-state index contributed by atoms with van der Waals surface area (Å²) in [6.07, 6.45) is 0. The van der Waals surface area contributed by atoms with E-state index in [2.05, 4.69) is 5.32 Å². The Morgan fingerprint density at radius 3 is 2.20 bits per heavy atom. The Hall–Kier alpha value is -1.33. The van der Waals surface area contributed by atoms with E-state index in [1.807, 2.05) is 0 Å². The number of anilines is 1. The summed E-state index contributed by atoms with van der Waals surface area (Å²) in [7, 11) is -1.47. The van der Waals surface area contributed by atoms with Gasteiger partial charge in [0, 0.05) is 11.6 Å². The Balaban J connectivity index is 2.69. The fraction of sp³-hybridized carbons (Fsp3) is 0.300. The first kappa shape index (κ1) is 11.7. The van der Waals surface area contributed by atoms with Gasteiger partial charge in [-0.05, 0) is 17.6 Å². The Morgan fingerprint density at radius 2 is 1.80 bits per heavy atom. The number of rotatable bonds is 3. The van der Waals surface area contributed by atoms with Crippen LogP contribution in [0.2, 0.25) is 0 Å². The summed E-state index contributed by atoms with van der Waals surface area (Å²) in [4.78, 5) is 11.3. The Kier molecular flexibility index (Phi) is 3.88. The highest BCUT2D eigenvalue weighted by atomic mass is 16.4.